The number of nitrogens with zero attached hydrogens (tertiary/aromatic N) is 2. The topological polar surface area (TPSA) is 36.3 Å². The van der Waals surface area contributed by atoms with Crippen LogP contribution in [-0.4, -0.2) is 30.6 Å². The molecule has 0 saturated carbocycles. The van der Waals surface area contributed by atoms with Crippen LogP contribution in [0.2, 0.25) is 5.02 Å². The first-order chi connectivity index (χ1) is 9.36. The van der Waals surface area contributed by atoms with Crippen molar-refractivity contribution >= 4 is 11.6 Å². The third-order valence-electron chi connectivity index (χ3n) is 4.04. The molecule has 0 unspecified atom stereocenters. The lowest BCUT2D eigenvalue weighted by Crippen LogP contribution is -2.39. The van der Waals surface area contributed by atoms with E-state index in [4.69, 9.17) is 16.3 Å². The maximum absolute atomic E-state index is 9.43. The molecule has 2 rings (SSSR count). The normalized spacial score (nSPS) is 23.6. The lowest BCUT2D eigenvalue weighted by Gasteiger charge is -2.31. The number of methoxy groups -OCH3 is 1. The molecule has 0 bridgehead atoms. The largest absolute Gasteiger partial charge is 0.497 e. The molecule has 1 aromatic carbocycles. The van der Waals surface area contributed by atoms with Gasteiger partial charge in [0.2, 0.25) is 0 Å². The van der Waals surface area contributed by atoms with Crippen molar-refractivity contribution in [3.63, 3.8) is 0 Å². The predicted octanol–water partition coefficient (Wildman–Crippen LogP) is 3.69. The summed E-state index contributed by atoms with van der Waals surface area (Å²) in [4.78, 5) is 2.35. The summed E-state index contributed by atoms with van der Waals surface area (Å²) in [5, 5.41) is 10.1. The molecule has 108 valence electrons. The second-order valence-electron chi connectivity index (χ2n) is 6.31. The van der Waals surface area contributed by atoms with Gasteiger partial charge in [0, 0.05) is 29.6 Å². The molecular weight excluding hydrogens is 272 g/mol. The molecule has 1 aliphatic rings. The number of likely N-dealkylation sites (tertiary alicyclic amines) is 1. The third-order valence-corrected chi connectivity index (χ3v) is 4.37. The van der Waals surface area contributed by atoms with E-state index in [0.29, 0.717) is 5.02 Å². The van der Waals surface area contributed by atoms with E-state index in [9.17, 15) is 5.26 Å². The summed E-state index contributed by atoms with van der Waals surface area (Å²) < 4.78 is 5.18. The number of nitriles is 1. The molecule has 1 aliphatic heterocycles. The molecule has 1 saturated heterocycles. The van der Waals surface area contributed by atoms with Gasteiger partial charge in [0.05, 0.1) is 19.1 Å². The summed E-state index contributed by atoms with van der Waals surface area (Å²) in [6.07, 6.45) is 0. The van der Waals surface area contributed by atoms with E-state index in [0.717, 1.165) is 24.4 Å². The van der Waals surface area contributed by atoms with Crippen molar-refractivity contribution in [2.24, 2.45) is 5.92 Å². The predicted molar refractivity (Wildman–Crippen MR) is 81.2 cm³/mol. The van der Waals surface area contributed by atoms with Gasteiger partial charge >= 0.3 is 0 Å². The summed E-state index contributed by atoms with van der Waals surface area (Å²) in [5.41, 5.74) is 1.12. The van der Waals surface area contributed by atoms with Gasteiger partial charge in [-0.15, -0.1) is 0 Å². The summed E-state index contributed by atoms with van der Waals surface area (Å²) in [6, 6.07) is 8.16. The van der Waals surface area contributed by atoms with Crippen molar-refractivity contribution in [1.82, 2.24) is 4.90 Å². The Hall–Kier alpha value is -1.24. The van der Waals surface area contributed by atoms with Crippen molar-refractivity contribution < 1.29 is 4.74 Å². The molecule has 1 fully saturated rings. The molecule has 20 heavy (non-hydrogen) atoms. The first-order valence-corrected chi connectivity index (χ1v) is 7.22. The van der Waals surface area contributed by atoms with Crippen LogP contribution in [0.3, 0.4) is 0 Å². The maximum Gasteiger partial charge on any atom is 0.120 e. The van der Waals surface area contributed by atoms with Crippen LogP contribution in [0.4, 0.5) is 0 Å². The lowest BCUT2D eigenvalue weighted by molar-refractivity contribution is 0.170. The third kappa shape index (κ3) is 2.92. The fourth-order valence-corrected chi connectivity index (χ4v) is 3.04. The Morgan fingerprint density at radius 1 is 1.35 bits per heavy atom. The van der Waals surface area contributed by atoms with Crippen LogP contribution in [0.25, 0.3) is 0 Å². The first kappa shape index (κ1) is 15.2. The number of halogens is 1. The molecule has 2 atom stereocenters. The van der Waals surface area contributed by atoms with Crippen LogP contribution < -0.4 is 4.74 Å². The minimum absolute atomic E-state index is 0.0138. The Bertz CT molecular complexity index is 530. The van der Waals surface area contributed by atoms with Crippen LogP contribution in [0, 0.1) is 17.2 Å². The van der Waals surface area contributed by atoms with Gasteiger partial charge in [-0.1, -0.05) is 17.7 Å². The van der Waals surface area contributed by atoms with E-state index in [2.05, 4.69) is 31.7 Å². The van der Waals surface area contributed by atoms with E-state index in [1.807, 2.05) is 18.2 Å². The summed E-state index contributed by atoms with van der Waals surface area (Å²) >= 11 is 6.36. The summed E-state index contributed by atoms with van der Waals surface area (Å²) in [7, 11) is 1.63. The molecular formula is C16H21ClN2O. The number of benzene rings is 1. The van der Waals surface area contributed by atoms with Crippen LogP contribution in [0.1, 0.15) is 32.3 Å². The standard InChI is InChI=1S/C16H21ClN2O/c1-16(2,3)19-9-11(8-18)14(10-19)13-6-5-12(20-4)7-15(13)17/h5-7,11,14H,9-10H2,1-4H3/t11-,14-/m0/s1. The van der Waals surface area contributed by atoms with Gasteiger partial charge in [-0.05, 0) is 38.5 Å². The monoisotopic (exact) mass is 292 g/mol. The van der Waals surface area contributed by atoms with Gasteiger partial charge in [0.25, 0.3) is 0 Å². The zero-order valence-electron chi connectivity index (χ0n) is 12.5. The molecule has 4 heteroatoms. The Balaban J connectivity index is 2.30. The lowest BCUT2D eigenvalue weighted by atomic mass is 9.90. The first-order valence-electron chi connectivity index (χ1n) is 6.85. The SMILES string of the molecule is COc1ccc([C@H]2CN(C(C)(C)C)C[C@@H]2C#N)c(Cl)c1. The second kappa shape index (κ2) is 5.63. The van der Waals surface area contributed by atoms with Gasteiger partial charge in [-0.3, -0.25) is 4.90 Å². The van der Waals surface area contributed by atoms with Gasteiger partial charge in [-0.25, -0.2) is 0 Å². The van der Waals surface area contributed by atoms with Gasteiger partial charge in [-0.2, -0.15) is 5.26 Å². The van der Waals surface area contributed by atoms with Gasteiger partial charge < -0.3 is 4.74 Å². The molecule has 0 spiro atoms. The highest BCUT2D eigenvalue weighted by Gasteiger charge is 2.39. The Labute approximate surface area is 126 Å². The van der Waals surface area contributed by atoms with E-state index in [1.54, 1.807) is 7.11 Å². The van der Waals surface area contributed by atoms with Crippen LogP contribution in [0.15, 0.2) is 18.2 Å². The van der Waals surface area contributed by atoms with Gasteiger partial charge in [0.1, 0.15) is 5.75 Å². The quantitative estimate of drug-likeness (QED) is 0.834. The van der Waals surface area contributed by atoms with E-state index < -0.39 is 0 Å². The fraction of sp³-hybridized carbons (Fsp3) is 0.562. The minimum atomic E-state index is -0.0138. The molecule has 0 N–H and O–H groups in total. The number of hydrogen-bond acceptors (Lipinski definition) is 3. The van der Waals surface area contributed by atoms with Crippen molar-refractivity contribution in [2.75, 3.05) is 20.2 Å². The van der Waals surface area contributed by atoms with Crippen LogP contribution in [-0.2, 0) is 0 Å². The smallest absolute Gasteiger partial charge is 0.120 e. The average Bonchev–Trinajstić information content (AvgIpc) is 2.82. The van der Waals surface area contributed by atoms with Crippen molar-refractivity contribution in [1.29, 1.82) is 5.26 Å². The Morgan fingerprint density at radius 2 is 2.05 bits per heavy atom. The Morgan fingerprint density at radius 3 is 2.55 bits per heavy atom. The molecule has 3 nitrogen and oxygen atoms in total. The van der Waals surface area contributed by atoms with Crippen molar-refractivity contribution in [3.8, 4) is 11.8 Å². The highest BCUT2D eigenvalue weighted by Crippen LogP contribution is 2.39. The van der Waals surface area contributed by atoms with E-state index in [-0.39, 0.29) is 17.4 Å². The second-order valence-corrected chi connectivity index (χ2v) is 6.71. The molecule has 1 heterocycles. The number of rotatable bonds is 2. The van der Waals surface area contributed by atoms with Crippen molar-refractivity contribution in [2.45, 2.75) is 32.2 Å². The fourth-order valence-electron chi connectivity index (χ4n) is 2.73. The number of hydrogen-bond donors (Lipinski definition) is 0. The maximum atomic E-state index is 9.43. The average molecular weight is 293 g/mol. The Kier molecular flexibility index (Phi) is 4.27. The highest BCUT2D eigenvalue weighted by atomic mass is 35.5. The summed E-state index contributed by atoms with van der Waals surface area (Å²) in [6.45, 7) is 8.21. The molecule has 0 aromatic heterocycles. The van der Waals surface area contributed by atoms with Gasteiger partial charge in [0.15, 0.2) is 0 Å². The molecule has 1 aromatic rings. The molecule has 0 aliphatic carbocycles. The van der Waals surface area contributed by atoms with E-state index >= 15 is 0 Å². The molecule has 0 amide bonds. The van der Waals surface area contributed by atoms with Crippen LogP contribution >= 0.6 is 11.6 Å². The van der Waals surface area contributed by atoms with Crippen LogP contribution in [0.5, 0.6) is 5.75 Å². The summed E-state index contributed by atoms with van der Waals surface area (Å²) in [5.74, 6) is 0.899. The number of ether oxygens (including phenoxy) is 1. The minimum Gasteiger partial charge on any atom is -0.497 e. The van der Waals surface area contributed by atoms with E-state index in [1.165, 1.54) is 0 Å². The molecule has 0 radical (unpaired) electrons. The highest BCUT2D eigenvalue weighted by molar-refractivity contribution is 6.31. The zero-order valence-corrected chi connectivity index (χ0v) is 13.2. The zero-order chi connectivity index (χ0) is 14.9. The van der Waals surface area contributed by atoms with Crippen molar-refractivity contribution in [3.05, 3.63) is 28.8 Å².